The Morgan fingerprint density at radius 2 is 1.90 bits per heavy atom. The van der Waals surface area contributed by atoms with Gasteiger partial charge >= 0.3 is 0 Å². The maximum Gasteiger partial charge on any atom is 0.0636 e. The third-order valence-corrected chi connectivity index (χ3v) is 5.58. The van der Waals surface area contributed by atoms with Crippen molar-refractivity contribution in [2.75, 3.05) is 0 Å². The van der Waals surface area contributed by atoms with Gasteiger partial charge in [-0.2, -0.15) is 0 Å². The fourth-order valence-electron chi connectivity index (χ4n) is 4.15. The smallest absolute Gasteiger partial charge is 0.0636 e. The third kappa shape index (κ3) is 4.71. The number of hydrogen-bond donors (Lipinski definition) is 1. The van der Waals surface area contributed by atoms with Gasteiger partial charge in [0.2, 0.25) is 0 Å². The predicted octanol–water partition coefficient (Wildman–Crippen LogP) is 5.79. The van der Waals surface area contributed by atoms with Gasteiger partial charge in [-0.3, -0.25) is 0 Å². The number of hydrogen-bond acceptors (Lipinski definition) is 1. The lowest BCUT2D eigenvalue weighted by atomic mass is 9.79. The number of allylic oxidation sites excluding steroid dienone is 2. The van der Waals surface area contributed by atoms with Crippen LogP contribution in [-0.2, 0) is 0 Å². The summed E-state index contributed by atoms with van der Waals surface area (Å²) in [4.78, 5) is 0. The highest BCUT2D eigenvalue weighted by Gasteiger charge is 2.34. The van der Waals surface area contributed by atoms with Gasteiger partial charge in [-0.25, -0.2) is 0 Å². The summed E-state index contributed by atoms with van der Waals surface area (Å²) >= 11 is 0. The van der Waals surface area contributed by atoms with Crippen molar-refractivity contribution >= 4 is 0 Å². The van der Waals surface area contributed by atoms with Gasteiger partial charge in [-0.05, 0) is 55.6 Å². The summed E-state index contributed by atoms with van der Waals surface area (Å²) in [5.41, 5.74) is 2.70. The van der Waals surface area contributed by atoms with Crippen LogP contribution < -0.4 is 0 Å². The van der Waals surface area contributed by atoms with Gasteiger partial charge in [0.05, 0.1) is 6.10 Å². The molecule has 0 saturated heterocycles. The Morgan fingerprint density at radius 3 is 2.62 bits per heavy atom. The van der Waals surface area contributed by atoms with Crippen molar-refractivity contribution in [2.24, 2.45) is 11.8 Å². The number of rotatable bonds is 7. The fraction of sp³-hybridized carbons (Fsp3) is 0.800. The Bertz CT molecular complexity index is 349. The molecule has 0 bridgehead atoms. The minimum atomic E-state index is -0.135. The van der Waals surface area contributed by atoms with E-state index in [1.54, 1.807) is 0 Å². The van der Waals surface area contributed by atoms with Crippen LogP contribution in [0.25, 0.3) is 0 Å². The van der Waals surface area contributed by atoms with Crippen LogP contribution in [0.5, 0.6) is 0 Å². The quantitative estimate of drug-likeness (QED) is 0.588. The number of aliphatic hydroxyl groups is 1. The van der Waals surface area contributed by atoms with Crippen molar-refractivity contribution < 1.29 is 5.11 Å². The van der Waals surface area contributed by atoms with E-state index in [-0.39, 0.29) is 6.10 Å². The molecule has 2 fully saturated rings. The second kappa shape index (κ2) is 8.78. The minimum absolute atomic E-state index is 0.135. The molecule has 0 heterocycles. The molecule has 21 heavy (non-hydrogen) atoms. The number of unbranched alkanes of at least 4 members (excludes halogenated alkanes) is 4. The summed E-state index contributed by atoms with van der Waals surface area (Å²) in [5.74, 6) is 0.874. The Kier molecular flexibility index (Phi) is 7.03. The largest absolute Gasteiger partial charge is 0.392 e. The Labute approximate surface area is 131 Å². The molecule has 0 spiro atoms. The van der Waals surface area contributed by atoms with Gasteiger partial charge in [-0.1, -0.05) is 58.1 Å². The van der Waals surface area contributed by atoms with Crippen molar-refractivity contribution in [3.05, 3.63) is 23.8 Å². The Hall–Kier alpha value is -0.560. The lowest BCUT2D eigenvalue weighted by Crippen LogP contribution is -2.30. The van der Waals surface area contributed by atoms with Crippen LogP contribution in [0.15, 0.2) is 23.8 Å². The molecule has 0 unspecified atom stereocenters. The number of aliphatic hydroxyl groups excluding tert-OH is 1. The van der Waals surface area contributed by atoms with Crippen LogP contribution in [0.2, 0.25) is 0 Å². The molecule has 2 aliphatic carbocycles. The van der Waals surface area contributed by atoms with Crippen molar-refractivity contribution in [3.8, 4) is 0 Å². The summed E-state index contributed by atoms with van der Waals surface area (Å²) in [6, 6.07) is 0. The monoisotopic (exact) mass is 290 g/mol. The van der Waals surface area contributed by atoms with Crippen LogP contribution in [0, 0.1) is 11.8 Å². The standard InChI is InChI=1S/C20H34O/c1-3-4-5-6-8-11-17-14-15-19(16(17)2)20(21)18-12-9-7-10-13-18/h11,18-21H,2-10,12-15H2,1H3/b17-11+/t19-,20-/m0/s1. The highest BCUT2D eigenvalue weighted by molar-refractivity contribution is 5.36. The normalized spacial score (nSPS) is 27.4. The van der Waals surface area contributed by atoms with Crippen LogP contribution in [0.1, 0.15) is 84.0 Å². The molecule has 2 aliphatic rings. The Morgan fingerprint density at radius 1 is 1.14 bits per heavy atom. The highest BCUT2D eigenvalue weighted by Crippen LogP contribution is 2.41. The molecule has 120 valence electrons. The molecule has 2 saturated carbocycles. The Balaban J connectivity index is 1.81. The topological polar surface area (TPSA) is 20.2 Å². The van der Waals surface area contributed by atoms with Gasteiger partial charge in [0.1, 0.15) is 0 Å². The first-order valence-corrected chi connectivity index (χ1v) is 9.30. The van der Waals surface area contributed by atoms with Gasteiger partial charge in [-0.15, -0.1) is 0 Å². The first-order valence-electron chi connectivity index (χ1n) is 9.30. The van der Waals surface area contributed by atoms with Crippen molar-refractivity contribution in [3.63, 3.8) is 0 Å². The minimum Gasteiger partial charge on any atom is -0.392 e. The average Bonchev–Trinajstić information content (AvgIpc) is 2.88. The molecule has 0 aromatic rings. The van der Waals surface area contributed by atoms with E-state index in [0.29, 0.717) is 11.8 Å². The predicted molar refractivity (Wildman–Crippen MR) is 91.3 cm³/mol. The van der Waals surface area contributed by atoms with Gasteiger partial charge in [0.15, 0.2) is 0 Å². The molecule has 1 nitrogen and oxygen atoms in total. The maximum absolute atomic E-state index is 10.7. The summed E-state index contributed by atoms with van der Waals surface area (Å²) in [5, 5.41) is 10.7. The molecular formula is C20H34O. The van der Waals surface area contributed by atoms with Gasteiger partial charge in [0.25, 0.3) is 0 Å². The first kappa shape index (κ1) is 16.8. The van der Waals surface area contributed by atoms with Crippen molar-refractivity contribution in [1.29, 1.82) is 0 Å². The molecule has 2 atom stereocenters. The zero-order chi connectivity index (χ0) is 15.1. The highest BCUT2D eigenvalue weighted by atomic mass is 16.3. The van der Waals surface area contributed by atoms with Crippen LogP contribution >= 0.6 is 0 Å². The molecular weight excluding hydrogens is 256 g/mol. The van der Waals surface area contributed by atoms with E-state index in [4.69, 9.17) is 0 Å². The van der Waals surface area contributed by atoms with E-state index in [0.717, 1.165) is 12.8 Å². The van der Waals surface area contributed by atoms with E-state index in [1.165, 1.54) is 75.4 Å². The second-order valence-electron chi connectivity index (χ2n) is 7.14. The lowest BCUT2D eigenvalue weighted by molar-refractivity contribution is 0.0483. The van der Waals surface area contributed by atoms with Crippen molar-refractivity contribution in [2.45, 2.75) is 90.1 Å². The molecule has 2 rings (SSSR count). The fourth-order valence-corrected chi connectivity index (χ4v) is 4.15. The molecule has 0 amide bonds. The summed E-state index contributed by atoms with van der Waals surface area (Å²) in [6.45, 7) is 6.58. The van der Waals surface area contributed by atoms with Gasteiger partial charge < -0.3 is 5.11 Å². The van der Waals surface area contributed by atoms with Crippen LogP contribution in [0.3, 0.4) is 0 Å². The van der Waals surface area contributed by atoms with E-state index >= 15 is 0 Å². The lowest BCUT2D eigenvalue weighted by Gasteiger charge is -2.30. The van der Waals surface area contributed by atoms with E-state index < -0.39 is 0 Å². The summed E-state index contributed by atoms with van der Waals surface area (Å²) < 4.78 is 0. The zero-order valence-electron chi connectivity index (χ0n) is 13.9. The second-order valence-corrected chi connectivity index (χ2v) is 7.14. The average molecular weight is 290 g/mol. The SMILES string of the molecule is C=C1/C(=C/CCCCCC)CC[C@@H]1[C@@H](O)C1CCCCC1. The molecule has 0 aliphatic heterocycles. The molecule has 0 radical (unpaired) electrons. The van der Waals surface area contributed by atoms with E-state index in [1.807, 2.05) is 0 Å². The molecule has 1 heteroatoms. The van der Waals surface area contributed by atoms with Crippen LogP contribution in [-0.4, -0.2) is 11.2 Å². The summed E-state index contributed by atoms with van der Waals surface area (Å²) in [6.07, 6.45) is 17.5. The molecule has 1 N–H and O–H groups in total. The third-order valence-electron chi connectivity index (χ3n) is 5.58. The molecule has 0 aromatic carbocycles. The van der Waals surface area contributed by atoms with E-state index in [9.17, 15) is 5.11 Å². The summed E-state index contributed by atoms with van der Waals surface area (Å²) in [7, 11) is 0. The van der Waals surface area contributed by atoms with Crippen LogP contribution in [0.4, 0.5) is 0 Å². The maximum atomic E-state index is 10.7. The zero-order valence-corrected chi connectivity index (χ0v) is 13.9. The van der Waals surface area contributed by atoms with Crippen molar-refractivity contribution in [1.82, 2.24) is 0 Å². The van der Waals surface area contributed by atoms with E-state index in [2.05, 4.69) is 19.6 Å². The molecule has 0 aromatic heterocycles. The van der Waals surface area contributed by atoms with Gasteiger partial charge in [0, 0.05) is 5.92 Å². The first-order chi connectivity index (χ1) is 10.2.